The minimum atomic E-state index is -0.516. The summed E-state index contributed by atoms with van der Waals surface area (Å²) in [6, 6.07) is 14.2. The number of pyridine rings is 1. The molecule has 0 N–H and O–H groups in total. The molecule has 0 saturated carbocycles. The van der Waals surface area contributed by atoms with Gasteiger partial charge in [0.2, 0.25) is 0 Å². The number of hydrogen-bond acceptors (Lipinski definition) is 9. The van der Waals surface area contributed by atoms with E-state index in [2.05, 4.69) is 21.2 Å². The van der Waals surface area contributed by atoms with Crippen molar-refractivity contribution in [2.24, 2.45) is 7.05 Å². The molecule has 47 heavy (non-hydrogen) atoms. The number of nitrogens with zero attached hydrogens (tertiary/aromatic N) is 3. The fourth-order valence-electron chi connectivity index (χ4n) is 5.34. The summed E-state index contributed by atoms with van der Waals surface area (Å²) in [4.78, 5) is 39.6. The van der Waals surface area contributed by atoms with Crippen LogP contribution in [0.2, 0.25) is 0 Å². The second kappa shape index (κ2) is 15.0. The summed E-state index contributed by atoms with van der Waals surface area (Å²) in [5, 5.41) is 0.733. The van der Waals surface area contributed by atoms with Crippen LogP contribution in [0.25, 0.3) is 22.0 Å². The third-order valence-electron chi connectivity index (χ3n) is 7.59. The van der Waals surface area contributed by atoms with Crippen molar-refractivity contribution in [3.05, 3.63) is 76.8 Å². The first-order valence-electron chi connectivity index (χ1n) is 15.2. The number of methoxy groups -OCH3 is 1. The Labute approximate surface area is 289 Å². The number of ether oxygens (including phenoxy) is 5. The lowest BCUT2D eigenvalue weighted by molar-refractivity contribution is -0.0177. The summed E-state index contributed by atoms with van der Waals surface area (Å²) < 4.78 is 32.2. The molecule has 0 unspecified atom stereocenters. The van der Waals surface area contributed by atoms with Crippen LogP contribution in [0.5, 0.6) is 17.2 Å². The monoisotopic (exact) mass is 775 g/mol. The first-order valence-corrected chi connectivity index (χ1v) is 18.5. The lowest BCUT2D eigenvalue weighted by atomic mass is 10.00. The van der Waals surface area contributed by atoms with Crippen LogP contribution in [-0.2, 0) is 21.3 Å². The summed E-state index contributed by atoms with van der Waals surface area (Å²) in [7, 11) is 4.43. The Hall–Kier alpha value is -3.69. The third-order valence-corrected chi connectivity index (χ3v) is 9.31. The molecule has 3 heterocycles. The number of benzene rings is 2. The SMILES string of the molecule is COC(=O)c1ccc(Oc2cccc(OCCOC3CCN(C(=O)OC(C)(C)C)CC3)c2)c(-c2cn(C)c(=O)c3c2ccn3SI)c1. The summed E-state index contributed by atoms with van der Waals surface area (Å²) in [5.74, 6) is 1.15. The Morgan fingerprint density at radius 3 is 2.45 bits per heavy atom. The number of halogens is 1. The first-order chi connectivity index (χ1) is 22.5. The van der Waals surface area contributed by atoms with Crippen LogP contribution in [0, 0.1) is 0 Å². The molecule has 2 aromatic carbocycles. The van der Waals surface area contributed by atoms with E-state index in [-0.39, 0.29) is 17.8 Å². The Kier molecular flexibility index (Phi) is 11.1. The Morgan fingerprint density at radius 1 is 1.00 bits per heavy atom. The molecule has 0 aliphatic carbocycles. The molecule has 1 fully saturated rings. The molecule has 0 atom stereocenters. The van der Waals surface area contributed by atoms with Gasteiger partial charge in [-0.2, -0.15) is 0 Å². The summed E-state index contributed by atoms with van der Waals surface area (Å²) >= 11 is 2.13. The molecule has 0 bridgehead atoms. The van der Waals surface area contributed by atoms with Crippen molar-refractivity contribution in [1.82, 2.24) is 13.4 Å². The Balaban J connectivity index is 1.26. The number of aromatic nitrogens is 2. The quantitative estimate of drug-likeness (QED) is 0.0937. The van der Waals surface area contributed by atoms with Gasteiger partial charge in [-0.25, -0.2) is 9.59 Å². The Bertz CT molecular complexity index is 1810. The zero-order chi connectivity index (χ0) is 33.7. The van der Waals surface area contributed by atoms with Crippen LogP contribution in [0.1, 0.15) is 44.0 Å². The second-order valence-corrected chi connectivity index (χ2v) is 13.8. The number of rotatable bonds is 10. The summed E-state index contributed by atoms with van der Waals surface area (Å²) in [5.41, 5.74) is 1.59. The number of amides is 1. The first kappa shape index (κ1) is 34.6. The summed E-state index contributed by atoms with van der Waals surface area (Å²) in [6.07, 6.45) is 4.83. The van der Waals surface area contributed by atoms with Crippen molar-refractivity contribution in [1.29, 1.82) is 0 Å². The molecule has 4 aromatic rings. The molecule has 11 nitrogen and oxygen atoms in total. The molecule has 1 aliphatic heterocycles. The van der Waals surface area contributed by atoms with E-state index in [9.17, 15) is 14.4 Å². The van der Waals surface area contributed by atoms with E-state index in [0.29, 0.717) is 60.2 Å². The normalized spacial score (nSPS) is 13.9. The third kappa shape index (κ3) is 8.43. The van der Waals surface area contributed by atoms with E-state index in [4.69, 9.17) is 23.7 Å². The van der Waals surface area contributed by atoms with E-state index < -0.39 is 11.6 Å². The van der Waals surface area contributed by atoms with Gasteiger partial charge >= 0.3 is 12.1 Å². The van der Waals surface area contributed by atoms with Crippen molar-refractivity contribution in [3.8, 4) is 28.4 Å². The maximum atomic E-state index is 13.0. The van der Waals surface area contributed by atoms with Crippen LogP contribution in [-0.4, -0.2) is 70.6 Å². The fourth-order valence-corrected chi connectivity index (χ4v) is 6.67. The number of likely N-dealkylation sites (tertiary alicyclic amines) is 1. The van der Waals surface area contributed by atoms with E-state index in [1.165, 1.54) is 20.8 Å². The largest absolute Gasteiger partial charge is 0.491 e. The molecule has 2 aromatic heterocycles. The van der Waals surface area contributed by atoms with Crippen LogP contribution in [0.15, 0.2) is 65.7 Å². The zero-order valence-electron chi connectivity index (χ0n) is 27.0. The highest BCUT2D eigenvalue weighted by molar-refractivity contribution is 14.2. The van der Waals surface area contributed by atoms with Crippen molar-refractivity contribution in [2.75, 3.05) is 33.4 Å². The standard InChI is InChI=1S/C34H38IN3O8S/c1-34(2,3)46-33(41)37-14-11-23(12-15-37)43-17-18-44-24-7-6-8-25(20-24)45-29-10-9-22(32(40)42-5)19-27(29)28-21-36(4)31(39)30-26(28)13-16-38(30)47-35/h6-10,13,16,19-21,23H,11-12,14-15,17-18H2,1-5H3. The number of esters is 1. The molecule has 0 spiro atoms. The average molecular weight is 776 g/mol. The predicted octanol–water partition coefficient (Wildman–Crippen LogP) is 7.23. The van der Waals surface area contributed by atoms with Crippen molar-refractivity contribution >= 4 is 53.3 Å². The maximum absolute atomic E-state index is 13.0. The molecule has 5 rings (SSSR count). The number of carbonyl (C=O) groups is 2. The van der Waals surface area contributed by atoms with Gasteiger partial charge in [0.15, 0.2) is 0 Å². The van der Waals surface area contributed by atoms with Gasteiger partial charge in [-0.3, -0.25) is 8.77 Å². The van der Waals surface area contributed by atoms with Gasteiger partial charge < -0.3 is 33.2 Å². The molecule has 250 valence electrons. The minimum Gasteiger partial charge on any atom is -0.491 e. The lowest BCUT2D eigenvalue weighted by Crippen LogP contribution is -2.43. The molecule has 13 heteroatoms. The van der Waals surface area contributed by atoms with Gasteiger partial charge in [-0.15, -0.1) is 0 Å². The van der Waals surface area contributed by atoms with Crippen LogP contribution in [0.4, 0.5) is 4.79 Å². The smallest absolute Gasteiger partial charge is 0.410 e. The molecular weight excluding hydrogens is 737 g/mol. The average Bonchev–Trinajstić information content (AvgIpc) is 3.49. The number of aryl methyl sites for hydroxylation is 1. The van der Waals surface area contributed by atoms with Gasteiger partial charge in [0.1, 0.15) is 35.0 Å². The highest BCUT2D eigenvalue weighted by atomic mass is 127. The van der Waals surface area contributed by atoms with Gasteiger partial charge in [-0.05, 0) is 70.0 Å². The maximum Gasteiger partial charge on any atom is 0.410 e. The lowest BCUT2D eigenvalue weighted by Gasteiger charge is -2.33. The predicted molar refractivity (Wildman–Crippen MR) is 190 cm³/mol. The highest BCUT2D eigenvalue weighted by Crippen LogP contribution is 2.39. The van der Waals surface area contributed by atoms with Crippen LogP contribution >= 0.6 is 30.3 Å². The summed E-state index contributed by atoms with van der Waals surface area (Å²) in [6.45, 7) is 7.52. The molecular formula is C34H38IN3O8S. The molecule has 1 amide bonds. The second-order valence-electron chi connectivity index (χ2n) is 12.1. The van der Waals surface area contributed by atoms with E-state index in [1.54, 1.807) is 42.4 Å². The molecule has 1 aliphatic rings. The topological polar surface area (TPSA) is 110 Å². The van der Waals surface area contributed by atoms with E-state index in [0.717, 1.165) is 23.8 Å². The number of carbonyl (C=O) groups excluding carboxylic acids is 2. The van der Waals surface area contributed by atoms with Crippen LogP contribution < -0.4 is 15.0 Å². The number of hydrogen-bond donors (Lipinski definition) is 0. The number of piperidine rings is 1. The van der Waals surface area contributed by atoms with Crippen molar-refractivity contribution < 1.29 is 33.3 Å². The van der Waals surface area contributed by atoms with Gasteiger partial charge in [0.25, 0.3) is 5.56 Å². The molecule has 1 saturated heterocycles. The van der Waals surface area contributed by atoms with E-state index >= 15 is 0 Å². The zero-order valence-corrected chi connectivity index (χ0v) is 30.0. The van der Waals surface area contributed by atoms with Crippen molar-refractivity contribution in [2.45, 2.75) is 45.3 Å². The van der Waals surface area contributed by atoms with Gasteiger partial charge in [0, 0.05) is 85.4 Å². The fraction of sp³-hybridized carbons (Fsp3) is 0.382. The van der Waals surface area contributed by atoms with E-state index in [1.807, 2.05) is 55.2 Å². The van der Waals surface area contributed by atoms with Crippen molar-refractivity contribution in [3.63, 3.8) is 0 Å². The molecule has 0 radical (unpaired) electrons. The van der Waals surface area contributed by atoms with Crippen LogP contribution in [0.3, 0.4) is 0 Å². The highest BCUT2D eigenvalue weighted by Gasteiger charge is 2.27. The number of fused-ring (bicyclic) bond motifs is 1. The van der Waals surface area contributed by atoms with Gasteiger partial charge in [-0.1, -0.05) is 6.07 Å². The Morgan fingerprint density at radius 2 is 1.74 bits per heavy atom. The van der Waals surface area contributed by atoms with Gasteiger partial charge in [0.05, 0.1) is 25.4 Å². The minimum absolute atomic E-state index is 0.0506.